The number of benzene rings is 1. The number of nitrogens with zero attached hydrogens (tertiary/aromatic N) is 3. The summed E-state index contributed by atoms with van der Waals surface area (Å²) in [6.07, 6.45) is 0. The van der Waals surface area contributed by atoms with Crippen molar-refractivity contribution in [2.45, 2.75) is 86.1 Å². The van der Waals surface area contributed by atoms with Gasteiger partial charge in [0.15, 0.2) is 16.7 Å². The molecule has 8 nitrogen and oxygen atoms in total. The second-order valence-electron chi connectivity index (χ2n) is 12.2. The van der Waals surface area contributed by atoms with Gasteiger partial charge in [-0.25, -0.2) is 9.97 Å². The van der Waals surface area contributed by atoms with Crippen LogP contribution in [-0.4, -0.2) is 37.7 Å². The fourth-order valence-electron chi connectivity index (χ4n) is 4.98. The molecule has 0 radical (unpaired) electrons. The van der Waals surface area contributed by atoms with E-state index in [-0.39, 0.29) is 22.2 Å². The minimum Gasteiger partial charge on any atom is -0.507 e. The average Bonchev–Trinajstić information content (AvgIpc) is 3.45. The normalized spacial score (nSPS) is 16.3. The summed E-state index contributed by atoms with van der Waals surface area (Å²) in [6.45, 7) is 18.5. The lowest BCUT2D eigenvalue weighted by Crippen LogP contribution is -2.31. The van der Waals surface area contributed by atoms with Crippen LogP contribution in [0.15, 0.2) is 23.5 Å². The maximum absolute atomic E-state index is 14.1. The second-order valence-corrected chi connectivity index (χ2v) is 14.4. The van der Waals surface area contributed by atoms with Gasteiger partial charge in [-0.05, 0) is 60.4 Å². The van der Waals surface area contributed by atoms with Crippen LogP contribution in [0.25, 0.3) is 0 Å². The number of carbonyl (C=O) groups excluding carboxylic acids is 3. The van der Waals surface area contributed by atoms with Crippen molar-refractivity contribution in [3.8, 4) is 5.75 Å². The number of amides is 1. The van der Waals surface area contributed by atoms with Gasteiger partial charge in [-0.2, -0.15) is 0 Å². The molecule has 10 heteroatoms. The number of phenols is 1. The minimum absolute atomic E-state index is 0.0839. The van der Waals surface area contributed by atoms with E-state index in [0.717, 1.165) is 11.3 Å². The number of ketones is 2. The number of phenolic OH excluding ortho intramolecular Hbond substituents is 1. The Labute approximate surface area is 242 Å². The highest BCUT2D eigenvalue weighted by Gasteiger charge is 2.47. The van der Waals surface area contributed by atoms with E-state index in [1.165, 1.54) is 23.2 Å². The first-order valence-electron chi connectivity index (χ1n) is 13.0. The van der Waals surface area contributed by atoms with Crippen LogP contribution in [0, 0.1) is 20.8 Å². The summed E-state index contributed by atoms with van der Waals surface area (Å²) >= 11 is 2.25. The van der Waals surface area contributed by atoms with Crippen LogP contribution < -0.4 is 4.90 Å². The maximum atomic E-state index is 14.1. The quantitative estimate of drug-likeness (QED) is 0.318. The summed E-state index contributed by atoms with van der Waals surface area (Å²) < 4.78 is 0. The van der Waals surface area contributed by atoms with Crippen LogP contribution in [0.3, 0.4) is 0 Å². The molecule has 0 bridgehead atoms. The Morgan fingerprint density at radius 2 is 1.40 bits per heavy atom. The number of aromatic nitrogens is 2. The summed E-state index contributed by atoms with van der Waals surface area (Å²) in [5.41, 5.74) is 1.77. The summed E-state index contributed by atoms with van der Waals surface area (Å²) in [5.74, 6) is -1.98. The zero-order valence-electron chi connectivity index (χ0n) is 24.5. The van der Waals surface area contributed by atoms with Crippen molar-refractivity contribution in [1.82, 2.24) is 9.97 Å². The topological polar surface area (TPSA) is 121 Å². The Morgan fingerprint density at radius 1 is 0.875 bits per heavy atom. The Bertz CT molecular complexity index is 1560. The molecule has 1 aliphatic heterocycles. The van der Waals surface area contributed by atoms with Gasteiger partial charge in [-0.1, -0.05) is 52.9 Å². The van der Waals surface area contributed by atoms with E-state index >= 15 is 0 Å². The predicted molar refractivity (Wildman–Crippen MR) is 158 cm³/mol. The standard InChI is InChI=1S/C30H35N3O5S2/c1-13-25(15(3)34)40-28(32-13)33-21(17-11-18(29(5,6)7)22(35)19(12-17)30(8,9)10)20(24(37)27(33)38)23(36)26-14(2)31-16(4)39-26/h11-12,21,35,37H,1-10H3. The van der Waals surface area contributed by atoms with Crippen LogP contribution in [-0.2, 0) is 15.6 Å². The van der Waals surface area contributed by atoms with Gasteiger partial charge in [-0.15, -0.1) is 11.3 Å². The molecular formula is C30H35N3O5S2. The third-order valence-electron chi connectivity index (χ3n) is 6.94. The molecule has 40 heavy (non-hydrogen) atoms. The van der Waals surface area contributed by atoms with Gasteiger partial charge in [-0.3, -0.25) is 19.3 Å². The largest absolute Gasteiger partial charge is 0.507 e. The highest BCUT2D eigenvalue weighted by molar-refractivity contribution is 7.18. The lowest BCUT2D eigenvalue weighted by molar-refractivity contribution is -0.117. The Hall–Kier alpha value is -3.37. The number of hydrogen-bond acceptors (Lipinski definition) is 9. The fraction of sp³-hybridized carbons (Fsp3) is 0.433. The van der Waals surface area contributed by atoms with Crippen molar-refractivity contribution in [1.29, 1.82) is 0 Å². The number of Topliss-reactive ketones (excluding diaryl/α,β-unsaturated/α-hetero) is 2. The van der Waals surface area contributed by atoms with E-state index in [2.05, 4.69) is 9.97 Å². The van der Waals surface area contributed by atoms with Crippen molar-refractivity contribution in [2.75, 3.05) is 4.90 Å². The number of aliphatic hydroxyl groups excluding tert-OH is 1. The van der Waals surface area contributed by atoms with E-state index < -0.39 is 34.3 Å². The van der Waals surface area contributed by atoms with Gasteiger partial charge in [0, 0.05) is 6.92 Å². The molecule has 1 aromatic carbocycles. The highest BCUT2D eigenvalue weighted by atomic mass is 32.1. The summed E-state index contributed by atoms with van der Waals surface area (Å²) in [4.78, 5) is 51.0. The summed E-state index contributed by atoms with van der Waals surface area (Å²) in [7, 11) is 0. The smallest absolute Gasteiger partial charge is 0.296 e. The van der Waals surface area contributed by atoms with Crippen molar-refractivity contribution in [2.24, 2.45) is 0 Å². The molecule has 1 aliphatic rings. The predicted octanol–water partition coefficient (Wildman–Crippen LogP) is 6.81. The van der Waals surface area contributed by atoms with E-state index in [1.54, 1.807) is 32.9 Å². The number of carbonyl (C=O) groups is 3. The second kappa shape index (κ2) is 9.92. The van der Waals surface area contributed by atoms with E-state index in [9.17, 15) is 24.6 Å². The maximum Gasteiger partial charge on any atom is 0.296 e. The van der Waals surface area contributed by atoms with Crippen molar-refractivity contribution >= 4 is 45.3 Å². The molecule has 4 rings (SSSR count). The van der Waals surface area contributed by atoms with Crippen molar-refractivity contribution in [3.05, 3.63) is 66.3 Å². The molecule has 0 saturated carbocycles. The van der Waals surface area contributed by atoms with E-state index in [0.29, 0.717) is 42.8 Å². The summed E-state index contributed by atoms with van der Waals surface area (Å²) in [5, 5.41) is 23.5. The molecule has 2 aromatic heterocycles. The van der Waals surface area contributed by atoms with Crippen molar-refractivity contribution in [3.63, 3.8) is 0 Å². The number of aryl methyl sites for hydroxylation is 3. The number of aliphatic hydroxyl groups is 1. The number of anilines is 1. The van der Waals surface area contributed by atoms with Gasteiger partial charge >= 0.3 is 0 Å². The van der Waals surface area contributed by atoms with Crippen LogP contribution >= 0.6 is 22.7 Å². The highest BCUT2D eigenvalue weighted by Crippen LogP contribution is 2.48. The summed E-state index contributed by atoms with van der Waals surface area (Å²) in [6, 6.07) is 2.53. The van der Waals surface area contributed by atoms with E-state index in [1.807, 2.05) is 41.5 Å². The number of aromatic hydroxyl groups is 1. The van der Waals surface area contributed by atoms with Gasteiger partial charge in [0.1, 0.15) is 5.75 Å². The first-order valence-corrected chi connectivity index (χ1v) is 14.6. The van der Waals surface area contributed by atoms with Crippen LogP contribution in [0.2, 0.25) is 0 Å². The Balaban J connectivity index is 2.06. The minimum atomic E-state index is -1.05. The van der Waals surface area contributed by atoms with Crippen LogP contribution in [0.5, 0.6) is 5.75 Å². The molecule has 1 amide bonds. The van der Waals surface area contributed by atoms with Gasteiger partial charge in [0.25, 0.3) is 5.91 Å². The molecule has 3 aromatic rings. The third-order valence-corrected chi connectivity index (χ3v) is 9.27. The molecule has 1 atom stereocenters. The molecule has 212 valence electrons. The molecule has 0 aliphatic carbocycles. The lowest BCUT2D eigenvalue weighted by atomic mass is 9.77. The average molecular weight is 582 g/mol. The van der Waals surface area contributed by atoms with Gasteiger partial charge in [0.2, 0.25) is 5.78 Å². The molecule has 0 saturated heterocycles. The Morgan fingerprint density at radius 3 is 1.82 bits per heavy atom. The number of thiazole rings is 2. The first-order chi connectivity index (χ1) is 18.3. The lowest BCUT2D eigenvalue weighted by Gasteiger charge is -2.31. The SMILES string of the molecule is CC(=O)c1sc(N2C(=O)C(O)=C(C(=O)c3sc(C)nc3C)C2c2cc(C(C)(C)C)c(O)c(C(C)(C)C)c2)nc1C. The Kier molecular flexibility index (Phi) is 7.34. The zero-order valence-corrected chi connectivity index (χ0v) is 26.1. The molecular weight excluding hydrogens is 546 g/mol. The zero-order chi connectivity index (χ0) is 30.1. The number of hydrogen-bond donors (Lipinski definition) is 2. The van der Waals surface area contributed by atoms with E-state index in [4.69, 9.17) is 0 Å². The molecule has 0 spiro atoms. The molecule has 1 unspecified atom stereocenters. The van der Waals surface area contributed by atoms with Crippen LogP contribution in [0.1, 0.15) is 107 Å². The van der Waals surface area contributed by atoms with Crippen molar-refractivity contribution < 1.29 is 24.6 Å². The molecule has 3 heterocycles. The third kappa shape index (κ3) is 4.99. The molecule has 0 fully saturated rings. The van der Waals surface area contributed by atoms with Crippen LogP contribution in [0.4, 0.5) is 5.13 Å². The fourth-order valence-corrected chi connectivity index (χ4v) is 6.85. The molecule has 2 N–H and O–H groups in total. The number of rotatable bonds is 5. The van der Waals surface area contributed by atoms with Gasteiger partial charge in [0.05, 0.1) is 37.8 Å². The van der Waals surface area contributed by atoms with Gasteiger partial charge < -0.3 is 10.2 Å². The monoisotopic (exact) mass is 581 g/mol. The first kappa shape index (κ1) is 29.6.